The molecule has 0 amide bonds. The molecule has 1 aromatic rings. The van der Waals surface area contributed by atoms with Gasteiger partial charge in [0.25, 0.3) is 0 Å². The lowest BCUT2D eigenvalue weighted by Crippen LogP contribution is -2.49. The van der Waals surface area contributed by atoms with Gasteiger partial charge in [0.1, 0.15) is 5.75 Å². The number of methoxy groups -OCH3 is 1. The molecule has 0 unspecified atom stereocenters. The Bertz CT molecular complexity index is 674. The smallest absolute Gasteiger partial charge is 0.306 e. The molecule has 2 fully saturated rings. The first-order valence-corrected chi connectivity index (χ1v) is 9.28. The lowest BCUT2D eigenvalue weighted by atomic mass is 9.77. The van der Waals surface area contributed by atoms with E-state index in [1.54, 1.807) is 7.11 Å². The number of aliphatic carboxylic acids is 1. The summed E-state index contributed by atoms with van der Waals surface area (Å²) in [4.78, 5) is 13.5. The third-order valence-electron chi connectivity index (χ3n) is 6.45. The Kier molecular flexibility index (Phi) is 4.04. The predicted molar refractivity (Wildman–Crippen MR) is 93.7 cm³/mol. The van der Waals surface area contributed by atoms with Gasteiger partial charge in [-0.3, -0.25) is 9.69 Å². The van der Waals surface area contributed by atoms with Crippen LogP contribution in [0.3, 0.4) is 0 Å². The molecule has 1 heterocycles. The van der Waals surface area contributed by atoms with Crippen molar-refractivity contribution in [1.29, 1.82) is 0 Å². The number of rotatable bonds is 4. The first kappa shape index (κ1) is 16.9. The van der Waals surface area contributed by atoms with Crippen LogP contribution in [0.1, 0.15) is 49.7 Å². The maximum Gasteiger partial charge on any atom is 0.306 e. The summed E-state index contributed by atoms with van der Waals surface area (Å²) in [7, 11) is 1.71. The Morgan fingerprint density at radius 1 is 1.28 bits per heavy atom. The molecule has 2 N–H and O–H groups in total. The number of carboxylic acids is 1. The van der Waals surface area contributed by atoms with E-state index in [0.717, 1.165) is 18.8 Å². The van der Waals surface area contributed by atoms with Crippen molar-refractivity contribution in [3.05, 3.63) is 29.3 Å². The van der Waals surface area contributed by atoms with E-state index in [9.17, 15) is 9.90 Å². The molecular weight excluding hydrogens is 318 g/mol. The molecule has 0 aromatic heterocycles. The van der Waals surface area contributed by atoms with Crippen LogP contribution in [0.4, 0.5) is 0 Å². The lowest BCUT2D eigenvalue weighted by molar-refractivity contribution is -0.145. The Morgan fingerprint density at radius 3 is 2.60 bits per heavy atom. The van der Waals surface area contributed by atoms with E-state index in [0.29, 0.717) is 32.2 Å². The molecule has 136 valence electrons. The van der Waals surface area contributed by atoms with Gasteiger partial charge in [-0.1, -0.05) is 6.07 Å². The highest BCUT2D eigenvalue weighted by Crippen LogP contribution is 2.53. The van der Waals surface area contributed by atoms with E-state index < -0.39 is 11.6 Å². The summed E-state index contributed by atoms with van der Waals surface area (Å²) in [5.41, 5.74) is 2.25. The Labute approximate surface area is 148 Å². The number of β-amino-alcohol motifs (C(OH)–C–C–N with tert-alkyl or cyclic N) is 1. The minimum absolute atomic E-state index is 0.233. The number of benzene rings is 1. The summed E-state index contributed by atoms with van der Waals surface area (Å²) in [6, 6.07) is 6.36. The van der Waals surface area contributed by atoms with Gasteiger partial charge in [-0.25, -0.2) is 0 Å². The van der Waals surface area contributed by atoms with E-state index in [2.05, 4.69) is 17.0 Å². The number of carbonyl (C=O) groups is 1. The predicted octanol–water partition coefficient (Wildman–Crippen LogP) is 2.55. The van der Waals surface area contributed by atoms with E-state index in [4.69, 9.17) is 9.84 Å². The highest BCUT2D eigenvalue weighted by atomic mass is 16.5. The van der Waals surface area contributed by atoms with Gasteiger partial charge in [0.15, 0.2) is 0 Å². The molecule has 3 aliphatic rings. The second-order valence-electron chi connectivity index (χ2n) is 8.29. The quantitative estimate of drug-likeness (QED) is 0.878. The molecule has 0 saturated heterocycles. The van der Waals surface area contributed by atoms with Gasteiger partial charge < -0.3 is 14.9 Å². The summed E-state index contributed by atoms with van der Waals surface area (Å²) < 4.78 is 5.39. The van der Waals surface area contributed by atoms with Crippen LogP contribution in [0.25, 0.3) is 0 Å². The molecule has 4 rings (SSSR count). The van der Waals surface area contributed by atoms with Crippen LogP contribution in [-0.2, 0) is 16.8 Å². The van der Waals surface area contributed by atoms with E-state index >= 15 is 0 Å². The number of aliphatic hydroxyl groups is 1. The van der Waals surface area contributed by atoms with Crippen molar-refractivity contribution < 1.29 is 19.7 Å². The Morgan fingerprint density at radius 2 is 2.00 bits per heavy atom. The fourth-order valence-corrected chi connectivity index (χ4v) is 4.79. The third-order valence-corrected chi connectivity index (χ3v) is 6.45. The van der Waals surface area contributed by atoms with Crippen molar-refractivity contribution >= 4 is 5.97 Å². The molecule has 0 bridgehead atoms. The highest BCUT2D eigenvalue weighted by Gasteiger charge is 2.50. The van der Waals surface area contributed by atoms with Crippen LogP contribution in [0.15, 0.2) is 18.2 Å². The first-order valence-electron chi connectivity index (χ1n) is 9.28. The molecule has 0 atom stereocenters. The zero-order chi connectivity index (χ0) is 17.7. The van der Waals surface area contributed by atoms with Crippen LogP contribution in [0.2, 0.25) is 0 Å². The molecular formula is C20H27NO4. The van der Waals surface area contributed by atoms with Gasteiger partial charge in [0.2, 0.25) is 0 Å². The average molecular weight is 345 g/mol. The summed E-state index contributed by atoms with van der Waals surface area (Å²) in [6.45, 7) is 2.48. The normalized spacial score (nSPS) is 30.7. The monoisotopic (exact) mass is 345 g/mol. The zero-order valence-electron chi connectivity index (χ0n) is 14.8. The number of carboxylic acid groups (broad SMARTS) is 1. The summed E-state index contributed by atoms with van der Waals surface area (Å²) in [6.07, 6.45) is 4.73. The molecule has 2 aliphatic carbocycles. The summed E-state index contributed by atoms with van der Waals surface area (Å²) in [5.74, 6) is -0.0893. The summed E-state index contributed by atoms with van der Waals surface area (Å²) in [5, 5.41) is 20.1. The number of hydrogen-bond donors (Lipinski definition) is 2. The Hall–Kier alpha value is -1.59. The maximum absolute atomic E-state index is 11.1. The number of nitrogens with zero attached hydrogens (tertiary/aromatic N) is 1. The van der Waals surface area contributed by atoms with Crippen molar-refractivity contribution in [1.82, 2.24) is 4.90 Å². The van der Waals surface area contributed by atoms with Gasteiger partial charge in [-0.05, 0) is 61.8 Å². The van der Waals surface area contributed by atoms with E-state index in [-0.39, 0.29) is 11.3 Å². The highest BCUT2D eigenvalue weighted by molar-refractivity contribution is 5.70. The fraction of sp³-hybridized carbons (Fsp3) is 0.650. The lowest BCUT2D eigenvalue weighted by Gasteiger charge is -2.42. The van der Waals surface area contributed by atoms with Gasteiger partial charge in [0.05, 0.1) is 18.6 Å². The van der Waals surface area contributed by atoms with E-state index in [1.165, 1.54) is 24.0 Å². The van der Waals surface area contributed by atoms with Crippen LogP contribution >= 0.6 is 0 Å². The molecule has 1 spiro atoms. The van der Waals surface area contributed by atoms with Crippen LogP contribution in [0, 0.1) is 5.92 Å². The van der Waals surface area contributed by atoms with Crippen molar-refractivity contribution in [3.63, 3.8) is 0 Å². The largest absolute Gasteiger partial charge is 0.497 e. The first-order chi connectivity index (χ1) is 11.9. The molecule has 5 nitrogen and oxygen atoms in total. The SMILES string of the molecule is COc1ccc2c(c1)C1(CC1)CN(CC1(O)CCC(C(=O)O)CC1)C2. The number of hydrogen-bond acceptors (Lipinski definition) is 4. The molecule has 5 heteroatoms. The molecule has 2 saturated carbocycles. The van der Waals surface area contributed by atoms with Gasteiger partial charge in [0, 0.05) is 25.0 Å². The second kappa shape index (κ2) is 5.99. The van der Waals surface area contributed by atoms with Crippen LogP contribution < -0.4 is 4.74 Å². The van der Waals surface area contributed by atoms with Gasteiger partial charge in [-0.15, -0.1) is 0 Å². The van der Waals surface area contributed by atoms with E-state index in [1.807, 2.05) is 6.07 Å². The van der Waals surface area contributed by atoms with Crippen molar-refractivity contribution in [2.45, 2.75) is 56.1 Å². The van der Waals surface area contributed by atoms with Crippen LogP contribution in [0.5, 0.6) is 5.75 Å². The molecule has 0 radical (unpaired) electrons. The van der Waals surface area contributed by atoms with Crippen LogP contribution in [-0.4, -0.2) is 46.9 Å². The third kappa shape index (κ3) is 3.15. The van der Waals surface area contributed by atoms with Gasteiger partial charge >= 0.3 is 5.97 Å². The van der Waals surface area contributed by atoms with Crippen molar-refractivity contribution in [3.8, 4) is 5.75 Å². The topological polar surface area (TPSA) is 70.0 Å². The second-order valence-corrected chi connectivity index (χ2v) is 8.29. The van der Waals surface area contributed by atoms with Crippen molar-refractivity contribution in [2.75, 3.05) is 20.2 Å². The molecule has 25 heavy (non-hydrogen) atoms. The number of fused-ring (bicyclic) bond motifs is 2. The minimum atomic E-state index is -0.744. The Balaban J connectivity index is 1.47. The standard InChI is InChI=1S/C20H27NO4/c1-25-16-3-2-15-11-21(12-19(8-9-19)17(15)10-16)13-20(24)6-4-14(5-7-20)18(22)23/h2-3,10,14,24H,4-9,11-13H2,1H3,(H,22,23). The zero-order valence-corrected chi connectivity index (χ0v) is 14.8. The minimum Gasteiger partial charge on any atom is -0.497 e. The molecule has 1 aromatic carbocycles. The van der Waals surface area contributed by atoms with Gasteiger partial charge in [-0.2, -0.15) is 0 Å². The molecule has 1 aliphatic heterocycles. The average Bonchev–Trinajstić information content (AvgIpc) is 3.34. The maximum atomic E-state index is 11.1. The van der Waals surface area contributed by atoms with Crippen molar-refractivity contribution in [2.24, 2.45) is 5.92 Å². The number of ether oxygens (including phenoxy) is 1. The summed E-state index contributed by atoms with van der Waals surface area (Å²) >= 11 is 0. The fourth-order valence-electron chi connectivity index (χ4n) is 4.79.